The highest BCUT2D eigenvalue weighted by molar-refractivity contribution is 8.00. The van der Waals surface area contributed by atoms with E-state index in [1.54, 1.807) is 24.3 Å². The summed E-state index contributed by atoms with van der Waals surface area (Å²) in [4.78, 5) is 36.3. The van der Waals surface area contributed by atoms with Crippen molar-refractivity contribution in [1.82, 2.24) is 10.2 Å². The normalized spacial score (nSPS) is 24.1. The van der Waals surface area contributed by atoms with E-state index in [9.17, 15) is 19.5 Å². The molecule has 2 unspecified atom stereocenters. The lowest BCUT2D eigenvalue weighted by molar-refractivity contribution is -0.146. The van der Waals surface area contributed by atoms with E-state index in [1.807, 2.05) is 6.07 Å². The van der Waals surface area contributed by atoms with Crippen molar-refractivity contribution >= 4 is 29.5 Å². The molecule has 0 saturated carbocycles. The Morgan fingerprint density at radius 1 is 1.35 bits per heavy atom. The number of amides is 2. The molecule has 3 atom stereocenters. The van der Waals surface area contributed by atoms with Gasteiger partial charge in [-0.1, -0.05) is 30.3 Å². The summed E-state index contributed by atoms with van der Waals surface area (Å²) in [5.74, 6) is -1.80. The second-order valence-corrected chi connectivity index (χ2v) is 6.56. The quantitative estimate of drug-likeness (QED) is 0.688. The third kappa shape index (κ3) is 2.95. The molecule has 0 aromatic heterocycles. The number of nitrogens with two attached hydrogens (primary N) is 1. The predicted octanol–water partition coefficient (Wildman–Crippen LogP) is 0.402. The van der Waals surface area contributed by atoms with Crippen LogP contribution in [0.5, 0.6) is 0 Å². The molecule has 0 aliphatic carbocycles. The minimum Gasteiger partial charge on any atom is -0.477 e. The van der Waals surface area contributed by atoms with Crippen LogP contribution in [0.15, 0.2) is 42.1 Å². The highest BCUT2D eigenvalue weighted by atomic mass is 32.2. The third-order valence-electron chi connectivity index (χ3n) is 3.72. The molecule has 23 heavy (non-hydrogen) atoms. The topological polar surface area (TPSA) is 113 Å². The first-order valence-electron chi connectivity index (χ1n) is 7.01. The van der Waals surface area contributed by atoms with Crippen LogP contribution in [0.2, 0.25) is 0 Å². The summed E-state index contributed by atoms with van der Waals surface area (Å²) >= 11 is 1.32. The number of hydrogen-bond donors (Lipinski definition) is 3. The van der Waals surface area contributed by atoms with Crippen LogP contribution >= 0.6 is 11.8 Å². The van der Waals surface area contributed by atoms with Crippen LogP contribution in [0.4, 0.5) is 0 Å². The summed E-state index contributed by atoms with van der Waals surface area (Å²) in [5.41, 5.74) is 6.51. The second kappa shape index (κ2) is 6.05. The molecule has 1 fully saturated rings. The molecule has 0 radical (unpaired) electrons. The van der Waals surface area contributed by atoms with Gasteiger partial charge in [0.05, 0.1) is 17.2 Å². The van der Waals surface area contributed by atoms with Gasteiger partial charge in [0.15, 0.2) is 0 Å². The van der Waals surface area contributed by atoms with E-state index in [2.05, 4.69) is 5.32 Å². The van der Waals surface area contributed by atoms with Crippen molar-refractivity contribution in [2.24, 2.45) is 5.73 Å². The Kier molecular flexibility index (Phi) is 4.10. The lowest BCUT2D eigenvalue weighted by Gasteiger charge is -2.44. The van der Waals surface area contributed by atoms with Gasteiger partial charge in [0.2, 0.25) is 11.8 Å². The highest BCUT2D eigenvalue weighted by Crippen LogP contribution is 2.39. The number of β-lactam (4-membered cyclic amide) rings is 1. The van der Waals surface area contributed by atoms with Crippen molar-refractivity contribution in [3.05, 3.63) is 47.7 Å². The zero-order valence-corrected chi connectivity index (χ0v) is 12.8. The SMILES string of the molecule is NC(C(=O)NC1C=C(C(=O)O)N2C(=O)C[C@H]2S1)c1ccccc1. The minimum absolute atomic E-state index is 0.0939. The third-order valence-corrected chi connectivity index (χ3v) is 4.96. The summed E-state index contributed by atoms with van der Waals surface area (Å²) in [7, 11) is 0. The van der Waals surface area contributed by atoms with Crippen molar-refractivity contribution in [3.8, 4) is 0 Å². The molecule has 1 aromatic rings. The van der Waals surface area contributed by atoms with E-state index >= 15 is 0 Å². The van der Waals surface area contributed by atoms with Crippen LogP contribution in [0.3, 0.4) is 0 Å². The van der Waals surface area contributed by atoms with Crippen molar-refractivity contribution in [3.63, 3.8) is 0 Å². The van der Waals surface area contributed by atoms with E-state index in [-0.39, 0.29) is 23.4 Å². The van der Waals surface area contributed by atoms with Gasteiger partial charge in [-0.25, -0.2) is 4.79 Å². The Bertz CT molecular complexity index is 691. The molecule has 3 rings (SSSR count). The zero-order valence-electron chi connectivity index (χ0n) is 12.0. The van der Waals surface area contributed by atoms with Crippen LogP contribution in [0.25, 0.3) is 0 Å². The summed E-state index contributed by atoms with van der Waals surface area (Å²) in [6, 6.07) is 8.08. The van der Waals surface area contributed by atoms with Crippen LogP contribution in [0.1, 0.15) is 18.0 Å². The number of carbonyl (C=O) groups is 3. The van der Waals surface area contributed by atoms with Crippen molar-refractivity contribution in [2.75, 3.05) is 0 Å². The van der Waals surface area contributed by atoms with Gasteiger partial charge >= 0.3 is 5.97 Å². The Hall–Kier alpha value is -2.32. The maximum atomic E-state index is 12.3. The van der Waals surface area contributed by atoms with E-state index in [0.29, 0.717) is 5.56 Å². The molecule has 0 bridgehead atoms. The first-order chi connectivity index (χ1) is 11.0. The Balaban J connectivity index is 1.72. The predicted molar refractivity (Wildman–Crippen MR) is 83.9 cm³/mol. The number of benzene rings is 1. The lowest BCUT2D eigenvalue weighted by atomic mass is 10.1. The number of nitrogens with zero attached hydrogens (tertiary/aromatic N) is 1. The number of nitrogens with one attached hydrogen (secondary N) is 1. The van der Waals surface area contributed by atoms with Gasteiger partial charge in [-0.2, -0.15) is 0 Å². The highest BCUT2D eigenvalue weighted by Gasteiger charge is 2.45. The van der Waals surface area contributed by atoms with Gasteiger partial charge in [-0.3, -0.25) is 14.5 Å². The number of thioether (sulfide) groups is 1. The number of carboxylic acid groups (broad SMARTS) is 1. The molecular weight excluding hydrogens is 318 g/mol. The minimum atomic E-state index is -1.19. The summed E-state index contributed by atoms with van der Waals surface area (Å²) in [6.45, 7) is 0. The van der Waals surface area contributed by atoms with E-state index < -0.39 is 23.3 Å². The summed E-state index contributed by atoms with van der Waals surface area (Å²) in [5, 5.41) is 11.1. The van der Waals surface area contributed by atoms with Gasteiger partial charge in [-0.15, -0.1) is 11.8 Å². The first-order valence-corrected chi connectivity index (χ1v) is 7.95. The van der Waals surface area contributed by atoms with Gasteiger partial charge in [0.1, 0.15) is 11.7 Å². The Morgan fingerprint density at radius 2 is 2.04 bits per heavy atom. The van der Waals surface area contributed by atoms with Crippen molar-refractivity contribution in [1.29, 1.82) is 0 Å². The number of fused-ring (bicyclic) bond motifs is 1. The summed E-state index contributed by atoms with van der Waals surface area (Å²) < 4.78 is 0. The maximum Gasteiger partial charge on any atom is 0.352 e. The average molecular weight is 333 g/mol. The van der Waals surface area contributed by atoms with E-state index in [1.165, 1.54) is 22.7 Å². The molecule has 8 heteroatoms. The zero-order chi connectivity index (χ0) is 16.6. The number of carbonyl (C=O) groups excluding carboxylic acids is 2. The van der Waals surface area contributed by atoms with Crippen LogP contribution < -0.4 is 11.1 Å². The van der Waals surface area contributed by atoms with Crippen molar-refractivity contribution in [2.45, 2.75) is 23.2 Å². The Morgan fingerprint density at radius 3 is 2.65 bits per heavy atom. The van der Waals surface area contributed by atoms with Gasteiger partial charge < -0.3 is 16.2 Å². The fourth-order valence-electron chi connectivity index (χ4n) is 2.51. The number of carboxylic acids is 1. The molecule has 2 heterocycles. The van der Waals surface area contributed by atoms with Crippen LogP contribution in [-0.2, 0) is 14.4 Å². The first kappa shape index (κ1) is 15.6. The van der Waals surface area contributed by atoms with Gasteiger partial charge in [0.25, 0.3) is 0 Å². The standard InChI is InChI=1S/C15H15N3O4S/c16-13(8-4-2-1-3-5-8)14(20)17-10-6-9(15(21)22)18-11(19)7-12(18)23-10/h1-6,10,12-13H,7,16H2,(H,17,20)(H,21,22)/t10?,12-,13?/m1/s1. The monoisotopic (exact) mass is 333 g/mol. The fraction of sp³-hybridized carbons (Fsp3) is 0.267. The lowest BCUT2D eigenvalue weighted by Crippen LogP contribution is -2.56. The smallest absolute Gasteiger partial charge is 0.352 e. The molecule has 1 aromatic carbocycles. The second-order valence-electron chi connectivity index (χ2n) is 5.23. The van der Waals surface area contributed by atoms with E-state index in [4.69, 9.17) is 5.73 Å². The van der Waals surface area contributed by atoms with Gasteiger partial charge in [0, 0.05) is 0 Å². The molecule has 0 spiro atoms. The molecule has 120 valence electrons. The molecule has 1 saturated heterocycles. The van der Waals surface area contributed by atoms with Crippen LogP contribution in [0, 0.1) is 0 Å². The molecular formula is C15H15N3O4S. The molecule has 7 nitrogen and oxygen atoms in total. The molecule has 4 N–H and O–H groups in total. The number of aliphatic carboxylic acids is 1. The van der Waals surface area contributed by atoms with Crippen LogP contribution in [-0.4, -0.2) is 38.5 Å². The number of rotatable bonds is 4. The maximum absolute atomic E-state index is 12.3. The van der Waals surface area contributed by atoms with Crippen molar-refractivity contribution < 1.29 is 19.5 Å². The fourth-order valence-corrected chi connectivity index (χ4v) is 3.83. The average Bonchev–Trinajstić information content (AvgIpc) is 2.53. The molecule has 2 amide bonds. The van der Waals surface area contributed by atoms with Gasteiger partial charge in [-0.05, 0) is 11.6 Å². The molecule has 2 aliphatic heterocycles. The number of hydrogen-bond acceptors (Lipinski definition) is 5. The Labute approximate surface area is 136 Å². The van der Waals surface area contributed by atoms with E-state index in [0.717, 1.165) is 0 Å². The summed E-state index contributed by atoms with van der Waals surface area (Å²) in [6.07, 6.45) is 1.64. The largest absolute Gasteiger partial charge is 0.477 e. The molecule has 2 aliphatic rings.